The van der Waals surface area contributed by atoms with Crippen molar-refractivity contribution in [2.24, 2.45) is 0 Å². The van der Waals surface area contributed by atoms with E-state index in [9.17, 15) is 10.2 Å². The predicted molar refractivity (Wildman–Crippen MR) is 141 cm³/mol. The summed E-state index contributed by atoms with van der Waals surface area (Å²) in [7, 11) is 0. The van der Waals surface area contributed by atoms with Crippen molar-refractivity contribution >= 4 is 0 Å². The van der Waals surface area contributed by atoms with Gasteiger partial charge in [-0.3, -0.25) is 0 Å². The van der Waals surface area contributed by atoms with Crippen LogP contribution in [-0.4, -0.2) is 10.2 Å². The maximum atomic E-state index is 11.8. The Kier molecular flexibility index (Phi) is 6.96. The molecule has 2 aromatic rings. The van der Waals surface area contributed by atoms with Gasteiger partial charge in [-0.25, -0.2) is 0 Å². The SMILES string of the molecule is Cc1cc(C2CCCCC2)c(O)c(C2(c3cc(C)cc(C4CCCCC4)c3O)CCCCC2)c1. The average molecular weight is 461 g/mol. The standard InChI is InChI=1S/C32H44O2/c1-22-18-26(24-12-6-3-7-13-24)30(33)28(20-22)32(16-10-5-11-17-32)29-21-23(2)19-27(31(29)34)25-14-8-4-9-15-25/h18-21,24-25,33-34H,3-17H2,1-2H3. The van der Waals surface area contributed by atoms with Crippen molar-refractivity contribution in [3.8, 4) is 11.5 Å². The minimum atomic E-state index is -0.294. The van der Waals surface area contributed by atoms with E-state index >= 15 is 0 Å². The van der Waals surface area contributed by atoms with Gasteiger partial charge >= 0.3 is 0 Å². The highest BCUT2D eigenvalue weighted by Gasteiger charge is 2.42. The predicted octanol–water partition coefficient (Wildman–Crippen LogP) is 9.06. The topological polar surface area (TPSA) is 40.5 Å². The number of phenolic OH excluding ortho intramolecular Hbond substituents is 2. The van der Waals surface area contributed by atoms with Gasteiger partial charge in [-0.15, -0.1) is 0 Å². The lowest BCUT2D eigenvalue weighted by Crippen LogP contribution is -2.31. The normalized spacial score (nSPS) is 22.1. The molecule has 0 atom stereocenters. The summed E-state index contributed by atoms with van der Waals surface area (Å²) in [4.78, 5) is 0. The zero-order chi connectivity index (χ0) is 23.7. The monoisotopic (exact) mass is 460 g/mol. The van der Waals surface area contributed by atoms with Crippen molar-refractivity contribution in [3.63, 3.8) is 0 Å². The molecule has 0 bridgehead atoms. The fraction of sp³-hybridized carbons (Fsp3) is 0.625. The van der Waals surface area contributed by atoms with E-state index in [0.717, 1.165) is 36.8 Å². The first-order valence-corrected chi connectivity index (χ1v) is 14.2. The number of benzene rings is 2. The van der Waals surface area contributed by atoms with Crippen molar-refractivity contribution < 1.29 is 10.2 Å². The minimum absolute atomic E-state index is 0.294. The molecule has 2 N–H and O–H groups in total. The molecular weight excluding hydrogens is 416 g/mol. The van der Waals surface area contributed by atoms with Gasteiger partial charge in [0.15, 0.2) is 0 Å². The Morgan fingerprint density at radius 2 is 0.941 bits per heavy atom. The van der Waals surface area contributed by atoms with E-state index < -0.39 is 0 Å². The Labute approximate surface area is 206 Å². The first kappa shape index (κ1) is 23.8. The molecule has 2 heteroatoms. The molecule has 0 aromatic heterocycles. The smallest absolute Gasteiger partial charge is 0.123 e. The maximum Gasteiger partial charge on any atom is 0.123 e. The largest absolute Gasteiger partial charge is 0.507 e. The molecule has 0 radical (unpaired) electrons. The van der Waals surface area contributed by atoms with Gasteiger partial charge in [-0.05, 0) is 75.3 Å². The third-order valence-electron chi connectivity index (χ3n) is 9.40. The number of hydrogen-bond donors (Lipinski definition) is 2. The van der Waals surface area contributed by atoms with Gasteiger partial charge in [0.2, 0.25) is 0 Å². The van der Waals surface area contributed by atoms with E-state index in [2.05, 4.69) is 38.1 Å². The Morgan fingerprint density at radius 3 is 1.35 bits per heavy atom. The zero-order valence-corrected chi connectivity index (χ0v) is 21.5. The molecule has 0 unspecified atom stereocenters. The van der Waals surface area contributed by atoms with Crippen LogP contribution in [-0.2, 0) is 5.41 Å². The summed E-state index contributed by atoms with van der Waals surface area (Å²) in [5.74, 6) is 1.99. The average Bonchev–Trinajstić information content (AvgIpc) is 2.88. The third-order valence-corrected chi connectivity index (χ3v) is 9.40. The summed E-state index contributed by atoms with van der Waals surface area (Å²) in [6.07, 6.45) is 18.0. The molecule has 184 valence electrons. The highest BCUT2D eigenvalue weighted by molar-refractivity contribution is 5.59. The molecule has 5 rings (SSSR count). The van der Waals surface area contributed by atoms with Crippen molar-refractivity contribution in [1.29, 1.82) is 0 Å². The minimum Gasteiger partial charge on any atom is -0.507 e. The Bertz CT molecular complexity index is 927. The Hall–Kier alpha value is -1.96. The van der Waals surface area contributed by atoms with Crippen LogP contribution in [0.4, 0.5) is 0 Å². The van der Waals surface area contributed by atoms with E-state index in [1.807, 2.05) is 0 Å². The van der Waals surface area contributed by atoms with E-state index in [-0.39, 0.29) is 5.41 Å². The molecule has 2 nitrogen and oxygen atoms in total. The van der Waals surface area contributed by atoms with Crippen molar-refractivity contribution in [2.45, 2.75) is 127 Å². The summed E-state index contributed by atoms with van der Waals surface area (Å²) < 4.78 is 0. The van der Waals surface area contributed by atoms with E-state index in [1.54, 1.807) is 0 Å². The lowest BCUT2D eigenvalue weighted by Gasteiger charge is -2.41. The molecule has 2 aromatic carbocycles. The van der Waals surface area contributed by atoms with Gasteiger partial charge in [0.05, 0.1) is 0 Å². The van der Waals surface area contributed by atoms with Crippen LogP contribution in [0.5, 0.6) is 11.5 Å². The second-order valence-corrected chi connectivity index (χ2v) is 11.8. The number of aromatic hydroxyl groups is 2. The Morgan fingerprint density at radius 1 is 0.559 bits per heavy atom. The number of rotatable bonds is 4. The van der Waals surface area contributed by atoms with Crippen molar-refractivity contribution in [2.75, 3.05) is 0 Å². The summed E-state index contributed by atoms with van der Waals surface area (Å²) in [6, 6.07) is 8.98. The molecule has 3 saturated carbocycles. The quantitative estimate of drug-likeness (QED) is 0.477. The zero-order valence-electron chi connectivity index (χ0n) is 21.5. The number of hydrogen-bond acceptors (Lipinski definition) is 2. The van der Waals surface area contributed by atoms with Crippen LogP contribution >= 0.6 is 0 Å². The molecule has 3 aliphatic carbocycles. The number of phenols is 2. The molecule has 0 aliphatic heterocycles. The molecular formula is C32H44O2. The molecule has 3 aliphatic rings. The van der Waals surface area contributed by atoms with Crippen LogP contribution in [0.25, 0.3) is 0 Å². The lowest BCUT2D eigenvalue weighted by atomic mass is 9.63. The number of aryl methyl sites for hydroxylation is 2. The van der Waals surface area contributed by atoms with Crippen LogP contribution in [0.1, 0.15) is 142 Å². The van der Waals surface area contributed by atoms with Gasteiger partial charge in [-0.1, -0.05) is 93.2 Å². The summed E-state index contributed by atoms with van der Waals surface area (Å²) in [5.41, 5.74) is 6.71. The maximum absolute atomic E-state index is 11.8. The third kappa shape index (κ3) is 4.38. The van der Waals surface area contributed by atoms with Gasteiger partial charge in [-0.2, -0.15) is 0 Å². The molecule has 0 heterocycles. The summed E-state index contributed by atoms with van der Waals surface area (Å²) in [6.45, 7) is 4.38. The molecule has 0 saturated heterocycles. The van der Waals surface area contributed by atoms with E-state index in [0.29, 0.717) is 23.3 Å². The summed E-state index contributed by atoms with van der Waals surface area (Å²) in [5, 5.41) is 23.7. The van der Waals surface area contributed by atoms with Crippen LogP contribution in [0.3, 0.4) is 0 Å². The summed E-state index contributed by atoms with van der Waals surface area (Å²) >= 11 is 0. The highest BCUT2D eigenvalue weighted by Crippen LogP contribution is 2.54. The van der Waals surface area contributed by atoms with Gasteiger partial charge in [0.1, 0.15) is 11.5 Å². The Balaban J connectivity index is 1.67. The van der Waals surface area contributed by atoms with Crippen LogP contribution in [0.15, 0.2) is 24.3 Å². The van der Waals surface area contributed by atoms with Crippen LogP contribution in [0, 0.1) is 13.8 Å². The molecule has 0 spiro atoms. The van der Waals surface area contributed by atoms with E-state index in [4.69, 9.17) is 0 Å². The molecule has 34 heavy (non-hydrogen) atoms. The van der Waals surface area contributed by atoms with Crippen LogP contribution in [0.2, 0.25) is 0 Å². The van der Waals surface area contributed by atoms with Gasteiger partial charge < -0.3 is 10.2 Å². The van der Waals surface area contributed by atoms with Gasteiger partial charge in [0.25, 0.3) is 0 Å². The van der Waals surface area contributed by atoms with Crippen molar-refractivity contribution in [1.82, 2.24) is 0 Å². The highest BCUT2D eigenvalue weighted by atomic mass is 16.3. The fourth-order valence-corrected chi connectivity index (χ4v) is 7.63. The molecule has 3 fully saturated rings. The van der Waals surface area contributed by atoms with Gasteiger partial charge in [0, 0.05) is 16.5 Å². The van der Waals surface area contributed by atoms with Crippen LogP contribution < -0.4 is 0 Å². The van der Waals surface area contributed by atoms with E-state index in [1.165, 1.54) is 92.9 Å². The second kappa shape index (κ2) is 9.96. The first-order valence-electron chi connectivity index (χ1n) is 14.2. The first-order chi connectivity index (χ1) is 16.5. The lowest BCUT2D eigenvalue weighted by molar-refractivity contribution is 0.315. The van der Waals surface area contributed by atoms with Crippen molar-refractivity contribution in [3.05, 3.63) is 57.6 Å². The second-order valence-electron chi connectivity index (χ2n) is 11.8. The molecule has 0 amide bonds. The fourth-order valence-electron chi connectivity index (χ4n) is 7.63.